The molecule has 0 spiro atoms. The van der Waals surface area contributed by atoms with Gasteiger partial charge in [0, 0.05) is 17.1 Å². The molecule has 0 aliphatic heterocycles. The number of benzene rings is 2. The number of hydrogen-bond donors (Lipinski definition) is 2. The standard InChI is InChI=1S/C13H10BClF2O3/c15-11-2-1-3-12(17)9(11)7-20-13-6-8(16)4-5-10(13)14(18)19/h1-6,18-19H,7H2. The quantitative estimate of drug-likeness (QED) is 0.847. The lowest BCUT2D eigenvalue weighted by atomic mass is 9.79. The normalized spacial score (nSPS) is 10.4. The van der Waals surface area contributed by atoms with Gasteiger partial charge in [-0.1, -0.05) is 23.7 Å². The average Bonchev–Trinajstić information content (AvgIpc) is 2.37. The minimum Gasteiger partial charge on any atom is -0.489 e. The van der Waals surface area contributed by atoms with Gasteiger partial charge in [-0.3, -0.25) is 0 Å². The van der Waals surface area contributed by atoms with Gasteiger partial charge in [-0.25, -0.2) is 8.78 Å². The van der Waals surface area contributed by atoms with Crippen LogP contribution in [0.1, 0.15) is 5.56 Å². The van der Waals surface area contributed by atoms with E-state index < -0.39 is 18.8 Å². The molecule has 3 nitrogen and oxygen atoms in total. The maximum Gasteiger partial charge on any atom is 0.492 e. The highest BCUT2D eigenvalue weighted by Gasteiger charge is 2.18. The largest absolute Gasteiger partial charge is 0.492 e. The summed E-state index contributed by atoms with van der Waals surface area (Å²) in [6.45, 7) is -0.255. The van der Waals surface area contributed by atoms with Gasteiger partial charge in [-0.2, -0.15) is 0 Å². The van der Waals surface area contributed by atoms with Gasteiger partial charge in [0.2, 0.25) is 0 Å². The lowest BCUT2D eigenvalue weighted by Gasteiger charge is -2.12. The van der Waals surface area contributed by atoms with E-state index in [9.17, 15) is 8.78 Å². The number of rotatable bonds is 4. The van der Waals surface area contributed by atoms with Crippen LogP contribution in [-0.4, -0.2) is 17.2 Å². The maximum atomic E-state index is 13.6. The first-order valence-corrected chi connectivity index (χ1v) is 6.08. The minimum atomic E-state index is -1.82. The molecule has 0 fully saturated rings. The molecule has 0 aliphatic rings. The van der Waals surface area contributed by atoms with Crippen molar-refractivity contribution in [3.8, 4) is 5.75 Å². The molecule has 0 saturated heterocycles. The van der Waals surface area contributed by atoms with Crippen LogP contribution < -0.4 is 10.2 Å². The third kappa shape index (κ3) is 3.28. The van der Waals surface area contributed by atoms with Crippen molar-refractivity contribution in [3.63, 3.8) is 0 Å². The van der Waals surface area contributed by atoms with Crippen LogP contribution >= 0.6 is 11.6 Å². The van der Waals surface area contributed by atoms with Crippen LogP contribution in [0, 0.1) is 11.6 Å². The molecule has 0 heterocycles. The molecule has 2 N–H and O–H groups in total. The summed E-state index contributed by atoms with van der Waals surface area (Å²) in [7, 11) is -1.82. The Kier molecular flexibility index (Phi) is 4.59. The van der Waals surface area contributed by atoms with Crippen molar-refractivity contribution in [2.24, 2.45) is 0 Å². The van der Waals surface area contributed by atoms with E-state index in [2.05, 4.69) is 0 Å². The molecule has 0 bridgehead atoms. The molecule has 0 unspecified atom stereocenters. The molecule has 104 valence electrons. The summed E-state index contributed by atoms with van der Waals surface area (Å²) in [5.41, 5.74) is 0.0932. The Balaban J connectivity index is 2.25. The fourth-order valence-corrected chi connectivity index (χ4v) is 1.88. The molecule has 0 atom stereocenters. The lowest BCUT2D eigenvalue weighted by molar-refractivity contribution is 0.299. The zero-order chi connectivity index (χ0) is 14.7. The van der Waals surface area contributed by atoms with E-state index in [-0.39, 0.29) is 28.4 Å². The molecule has 0 radical (unpaired) electrons. The van der Waals surface area contributed by atoms with E-state index in [1.54, 1.807) is 0 Å². The minimum absolute atomic E-state index is 0.0149. The van der Waals surface area contributed by atoms with Crippen molar-refractivity contribution in [1.29, 1.82) is 0 Å². The van der Waals surface area contributed by atoms with Crippen LogP contribution in [0.15, 0.2) is 36.4 Å². The predicted octanol–water partition coefficient (Wildman–Crippen LogP) is 1.88. The van der Waals surface area contributed by atoms with Crippen LogP contribution in [-0.2, 0) is 6.61 Å². The van der Waals surface area contributed by atoms with Crippen molar-refractivity contribution in [3.05, 3.63) is 58.6 Å². The van der Waals surface area contributed by atoms with Gasteiger partial charge < -0.3 is 14.8 Å². The Bertz CT molecular complexity index is 602. The van der Waals surface area contributed by atoms with Crippen molar-refractivity contribution in [1.82, 2.24) is 0 Å². The topological polar surface area (TPSA) is 49.7 Å². The molecule has 0 aromatic heterocycles. The first-order valence-electron chi connectivity index (χ1n) is 5.70. The zero-order valence-corrected chi connectivity index (χ0v) is 10.9. The highest BCUT2D eigenvalue weighted by Crippen LogP contribution is 2.21. The van der Waals surface area contributed by atoms with Gasteiger partial charge in [-0.05, 0) is 18.2 Å². The Morgan fingerprint density at radius 2 is 1.90 bits per heavy atom. The number of ether oxygens (including phenoxy) is 1. The Morgan fingerprint density at radius 3 is 2.55 bits per heavy atom. The van der Waals surface area contributed by atoms with Crippen LogP contribution in [0.4, 0.5) is 8.78 Å². The molecule has 7 heteroatoms. The second kappa shape index (κ2) is 6.22. The monoisotopic (exact) mass is 298 g/mol. The maximum absolute atomic E-state index is 13.6. The molecule has 20 heavy (non-hydrogen) atoms. The van der Waals surface area contributed by atoms with E-state index in [1.165, 1.54) is 24.3 Å². The highest BCUT2D eigenvalue weighted by atomic mass is 35.5. The van der Waals surface area contributed by atoms with Crippen LogP contribution in [0.25, 0.3) is 0 Å². The lowest BCUT2D eigenvalue weighted by Crippen LogP contribution is -2.31. The highest BCUT2D eigenvalue weighted by molar-refractivity contribution is 6.59. The number of hydrogen-bond acceptors (Lipinski definition) is 3. The summed E-state index contributed by atoms with van der Waals surface area (Å²) in [6, 6.07) is 7.40. The summed E-state index contributed by atoms with van der Waals surface area (Å²) in [6.07, 6.45) is 0. The van der Waals surface area contributed by atoms with Crippen molar-refractivity contribution in [2.45, 2.75) is 6.61 Å². The van der Waals surface area contributed by atoms with E-state index in [4.69, 9.17) is 26.4 Å². The van der Waals surface area contributed by atoms with Crippen molar-refractivity contribution in [2.75, 3.05) is 0 Å². The van der Waals surface area contributed by atoms with Gasteiger partial charge in [0.1, 0.15) is 24.0 Å². The second-order valence-corrected chi connectivity index (χ2v) is 4.45. The first-order chi connectivity index (χ1) is 9.49. The predicted molar refractivity (Wildman–Crippen MR) is 72.0 cm³/mol. The van der Waals surface area contributed by atoms with E-state index in [0.29, 0.717) is 0 Å². The SMILES string of the molecule is OB(O)c1ccc(F)cc1OCc1c(F)cccc1Cl. The molecule has 0 amide bonds. The first kappa shape index (κ1) is 14.8. The Hall–Kier alpha value is -1.63. The van der Waals surface area contributed by atoms with E-state index >= 15 is 0 Å². The van der Waals surface area contributed by atoms with E-state index in [0.717, 1.165) is 12.1 Å². The molecule has 2 rings (SSSR count). The molecule has 2 aromatic carbocycles. The molecule has 0 saturated carbocycles. The number of halogens is 3. The summed E-state index contributed by atoms with van der Waals surface area (Å²) < 4.78 is 31.9. The molecular formula is C13H10BClF2O3. The van der Waals surface area contributed by atoms with Crippen LogP contribution in [0.2, 0.25) is 5.02 Å². The van der Waals surface area contributed by atoms with Crippen molar-refractivity contribution < 1.29 is 23.6 Å². The average molecular weight is 298 g/mol. The van der Waals surface area contributed by atoms with Gasteiger partial charge in [0.15, 0.2) is 0 Å². The fourth-order valence-electron chi connectivity index (χ4n) is 1.67. The third-order valence-electron chi connectivity index (χ3n) is 2.69. The van der Waals surface area contributed by atoms with Crippen LogP contribution in [0.3, 0.4) is 0 Å². The molecule has 2 aromatic rings. The zero-order valence-electron chi connectivity index (χ0n) is 10.2. The smallest absolute Gasteiger partial charge is 0.489 e. The Morgan fingerprint density at radius 1 is 1.15 bits per heavy atom. The van der Waals surface area contributed by atoms with Crippen molar-refractivity contribution >= 4 is 24.2 Å². The third-order valence-corrected chi connectivity index (χ3v) is 3.04. The van der Waals surface area contributed by atoms with Gasteiger partial charge in [0.05, 0.1) is 5.02 Å². The van der Waals surface area contributed by atoms with Gasteiger partial charge >= 0.3 is 7.12 Å². The fraction of sp³-hybridized carbons (Fsp3) is 0.0769. The summed E-state index contributed by atoms with van der Waals surface area (Å²) in [5, 5.41) is 18.5. The van der Waals surface area contributed by atoms with Gasteiger partial charge in [-0.15, -0.1) is 0 Å². The molecule has 0 aliphatic carbocycles. The second-order valence-electron chi connectivity index (χ2n) is 4.04. The van der Waals surface area contributed by atoms with Crippen LogP contribution in [0.5, 0.6) is 5.75 Å². The molecular weight excluding hydrogens is 288 g/mol. The summed E-state index contributed by atoms with van der Waals surface area (Å²) in [5.74, 6) is -1.25. The summed E-state index contributed by atoms with van der Waals surface area (Å²) >= 11 is 5.84. The summed E-state index contributed by atoms with van der Waals surface area (Å²) in [4.78, 5) is 0. The Labute approximate surface area is 119 Å². The van der Waals surface area contributed by atoms with Gasteiger partial charge in [0.25, 0.3) is 0 Å². The van der Waals surface area contributed by atoms with E-state index in [1.807, 2.05) is 0 Å².